The highest BCUT2D eigenvalue weighted by molar-refractivity contribution is 7.99. The van der Waals surface area contributed by atoms with Gasteiger partial charge >= 0.3 is 0 Å². The molecular formula is C37H43N3O7S. The minimum absolute atomic E-state index is 0.0687. The third-order valence-corrected chi connectivity index (χ3v) is 7.95. The molecule has 3 aromatic rings. The maximum atomic E-state index is 12.3. The molecule has 2 N–H and O–H groups in total. The van der Waals surface area contributed by atoms with Gasteiger partial charge < -0.3 is 34.3 Å². The Morgan fingerprint density at radius 1 is 0.792 bits per heavy atom. The van der Waals surface area contributed by atoms with Gasteiger partial charge in [0.1, 0.15) is 12.3 Å². The molecule has 4 rings (SSSR count). The second-order valence-corrected chi connectivity index (χ2v) is 11.7. The van der Waals surface area contributed by atoms with Crippen molar-refractivity contribution in [3.8, 4) is 11.8 Å². The number of carbonyl (C=O) groups is 2. The van der Waals surface area contributed by atoms with Crippen LogP contribution in [-0.2, 0) is 35.0 Å². The van der Waals surface area contributed by atoms with Gasteiger partial charge in [-0.05, 0) is 66.4 Å². The van der Waals surface area contributed by atoms with Gasteiger partial charge in [-0.25, -0.2) is 0 Å². The molecule has 0 bridgehead atoms. The van der Waals surface area contributed by atoms with Crippen LogP contribution in [0.15, 0.2) is 81.5 Å². The fourth-order valence-electron chi connectivity index (χ4n) is 4.51. The Hall–Kier alpha value is -4.02. The summed E-state index contributed by atoms with van der Waals surface area (Å²) >= 11 is 1.55. The maximum Gasteiger partial charge on any atom is 0.252 e. The lowest BCUT2D eigenvalue weighted by Crippen LogP contribution is -2.20. The van der Waals surface area contributed by atoms with Crippen LogP contribution in [0, 0.1) is 11.8 Å². The summed E-state index contributed by atoms with van der Waals surface area (Å²) in [6.45, 7) is 7.12. The van der Waals surface area contributed by atoms with Crippen molar-refractivity contribution in [3.63, 3.8) is 0 Å². The zero-order valence-corrected chi connectivity index (χ0v) is 28.4. The maximum absolute atomic E-state index is 12.3. The van der Waals surface area contributed by atoms with Crippen LogP contribution in [0.2, 0.25) is 0 Å². The highest BCUT2D eigenvalue weighted by Gasteiger charge is 2.16. The molecule has 0 aromatic heterocycles. The molecule has 0 saturated heterocycles. The molecule has 1 aliphatic rings. The summed E-state index contributed by atoms with van der Waals surface area (Å²) in [5, 5.41) is 5.52. The van der Waals surface area contributed by atoms with Gasteiger partial charge in [-0.1, -0.05) is 42.8 Å². The van der Waals surface area contributed by atoms with E-state index in [0.717, 1.165) is 45.2 Å². The third-order valence-electron chi connectivity index (χ3n) is 6.89. The average Bonchev–Trinajstić information content (AvgIpc) is 3.51. The Kier molecular flexibility index (Phi) is 16.1. The number of nitrogens with one attached hydrogen (secondary N) is 2. The van der Waals surface area contributed by atoms with Crippen molar-refractivity contribution in [1.82, 2.24) is 5.32 Å². The minimum Gasteiger partial charge on any atom is -0.379 e. The van der Waals surface area contributed by atoms with Gasteiger partial charge in [0.05, 0.1) is 65.0 Å². The molecule has 254 valence electrons. The van der Waals surface area contributed by atoms with Crippen molar-refractivity contribution in [3.05, 3.63) is 89.0 Å². The van der Waals surface area contributed by atoms with E-state index in [4.69, 9.17) is 23.7 Å². The van der Waals surface area contributed by atoms with E-state index in [-0.39, 0.29) is 18.4 Å². The first-order valence-corrected chi connectivity index (χ1v) is 16.9. The van der Waals surface area contributed by atoms with Crippen molar-refractivity contribution in [1.29, 1.82) is 0 Å². The predicted octanol–water partition coefficient (Wildman–Crippen LogP) is 4.98. The Bertz CT molecular complexity index is 1570. The van der Waals surface area contributed by atoms with Crippen LogP contribution in [0.1, 0.15) is 40.4 Å². The van der Waals surface area contributed by atoms with E-state index in [9.17, 15) is 9.59 Å². The molecule has 1 heterocycles. The average molecular weight is 674 g/mol. The second-order valence-electron chi connectivity index (χ2n) is 10.5. The lowest BCUT2D eigenvalue weighted by Gasteiger charge is -2.09. The smallest absolute Gasteiger partial charge is 0.252 e. The van der Waals surface area contributed by atoms with Gasteiger partial charge in [0.2, 0.25) is 5.91 Å². The van der Waals surface area contributed by atoms with Crippen molar-refractivity contribution >= 4 is 35.0 Å². The number of rotatable bonds is 20. The molecule has 3 aromatic carbocycles. The van der Waals surface area contributed by atoms with Gasteiger partial charge in [-0.2, -0.15) is 0 Å². The summed E-state index contributed by atoms with van der Waals surface area (Å²) in [5.41, 5.74) is 4.97. The van der Waals surface area contributed by atoms with Gasteiger partial charge in [-0.15, -0.1) is 0 Å². The first-order valence-electron chi connectivity index (χ1n) is 16.0. The number of nitrogens with zero attached hydrogens (tertiary/aromatic N) is 1. The van der Waals surface area contributed by atoms with Crippen LogP contribution in [0.4, 0.5) is 5.69 Å². The summed E-state index contributed by atoms with van der Waals surface area (Å²) in [6, 6.07) is 21.1. The van der Waals surface area contributed by atoms with Crippen LogP contribution in [-0.4, -0.2) is 90.6 Å². The highest BCUT2D eigenvalue weighted by Crippen LogP contribution is 2.33. The first-order chi connectivity index (χ1) is 23.6. The Balaban J connectivity index is 1.11. The van der Waals surface area contributed by atoms with Crippen molar-refractivity contribution in [2.24, 2.45) is 4.99 Å². The Morgan fingerprint density at radius 2 is 1.44 bits per heavy atom. The Labute approximate surface area is 286 Å². The molecule has 0 spiro atoms. The monoisotopic (exact) mass is 673 g/mol. The van der Waals surface area contributed by atoms with Crippen molar-refractivity contribution in [2.75, 3.05) is 78.4 Å². The highest BCUT2D eigenvalue weighted by atomic mass is 32.2. The zero-order valence-electron chi connectivity index (χ0n) is 27.5. The quantitative estimate of drug-likeness (QED) is 0.127. The van der Waals surface area contributed by atoms with E-state index in [1.807, 2.05) is 48.5 Å². The number of fused-ring (bicyclic) bond motifs is 1. The molecule has 10 nitrogen and oxygen atoms in total. The van der Waals surface area contributed by atoms with E-state index in [0.29, 0.717) is 70.7 Å². The summed E-state index contributed by atoms with van der Waals surface area (Å²) < 4.78 is 27.1. The number of anilines is 1. The standard InChI is InChI=1S/C37H43N3O7S/c1-3-16-43-17-18-44-19-20-45-21-22-46-23-24-47-27-36(41)40-30-11-8-28(9-12-30)10-15-34-32-14-13-31(25-29(32)26-39-34)48-35-7-5-4-6-33(35)37(42)38-2/h4-9,11-14,25H,3,16-24,26-27H2,1-2H3,(H,38,42)(H,40,41). The number of hydrogen-bond donors (Lipinski definition) is 2. The SMILES string of the molecule is CCCOCCOCCOCCOCCOCC(=O)Nc1ccc(C#CC2=NCc3cc(Sc4ccccc4C(=O)NC)ccc32)cc1. The van der Waals surface area contributed by atoms with Gasteiger partial charge in [-0.3, -0.25) is 14.6 Å². The summed E-state index contributed by atoms with van der Waals surface area (Å²) in [7, 11) is 1.63. The lowest BCUT2D eigenvalue weighted by molar-refractivity contribution is -0.121. The van der Waals surface area contributed by atoms with Crippen molar-refractivity contribution in [2.45, 2.75) is 29.7 Å². The van der Waals surface area contributed by atoms with Crippen LogP contribution < -0.4 is 10.6 Å². The molecule has 0 aliphatic carbocycles. The van der Waals surface area contributed by atoms with Crippen LogP contribution in [0.25, 0.3) is 0 Å². The van der Waals surface area contributed by atoms with E-state index >= 15 is 0 Å². The summed E-state index contributed by atoms with van der Waals surface area (Å²) in [4.78, 5) is 31.1. The Morgan fingerprint density at radius 3 is 2.10 bits per heavy atom. The number of amides is 2. The van der Waals surface area contributed by atoms with E-state index in [1.54, 1.807) is 30.9 Å². The number of ether oxygens (including phenoxy) is 5. The number of hydrogen-bond acceptors (Lipinski definition) is 9. The largest absolute Gasteiger partial charge is 0.379 e. The molecule has 2 amide bonds. The van der Waals surface area contributed by atoms with Gasteiger partial charge in [0, 0.05) is 40.3 Å². The van der Waals surface area contributed by atoms with Gasteiger partial charge in [0.25, 0.3) is 5.91 Å². The van der Waals surface area contributed by atoms with E-state index in [2.05, 4.69) is 40.5 Å². The molecule has 11 heteroatoms. The molecule has 0 radical (unpaired) electrons. The third kappa shape index (κ3) is 12.5. The number of aliphatic imine (C=N–C) groups is 1. The van der Waals surface area contributed by atoms with E-state index in [1.165, 1.54) is 0 Å². The van der Waals surface area contributed by atoms with Crippen LogP contribution in [0.5, 0.6) is 0 Å². The first kappa shape index (κ1) is 36.8. The topological polar surface area (TPSA) is 117 Å². The molecule has 48 heavy (non-hydrogen) atoms. The van der Waals surface area contributed by atoms with Crippen LogP contribution in [0.3, 0.4) is 0 Å². The molecule has 0 fully saturated rings. The molecule has 0 saturated carbocycles. The number of benzene rings is 3. The molecule has 0 atom stereocenters. The molecule has 1 aliphatic heterocycles. The van der Waals surface area contributed by atoms with Gasteiger partial charge in [0.15, 0.2) is 0 Å². The van der Waals surface area contributed by atoms with Crippen molar-refractivity contribution < 1.29 is 33.3 Å². The minimum atomic E-state index is -0.246. The van der Waals surface area contributed by atoms with E-state index < -0.39 is 0 Å². The van der Waals surface area contributed by atoms with Crippen LogP contribution >= 0.6 is 11.8 Å². The normalized spacial score (nSPS) is 11.8. The summed E-state index contributed by atoms with van der Waals surface area (Å²) in [5.74, 6) is 6.01. The predicted molar refractivity (Wildman–Crippen MR) is 187 cm³/mol. The fourth-order valence-corrected chi connectivity index (χ4v) is 5.52. The molecular weight excluding hydrogens is 630 g/mol. The number of carbonyl (C=O) groups excluding carboxylic acids is 2. The summed E-state index contributed by atoms with van der Waals surface area (Å²) in [6.07, 6.45) is 1.01. The lowest BCUT2D eigenvalue weighted by atomic mass is 10.1. The fraction of sp³-hybridized carbons (Fsp3) is 0.378. The zero-order chi connectivity index (χ0) is 33.8. The molecule has 0 unspecified atom stereocenters. The second kappa shape index (κ2) is 21.1.